The Morgan fingerprint density at radius 2 is 1.68 bits per heavy atom. The number of hydrogen-bond acceptors (Lipinski definition) is 8. The van der Waals surface area contributed by atoms with Crippen molar-refractivity contribution in [2.45, 2.75) is 56.5 Å². The molecule has 134 valence electrons. The largest absolute Gasteiger partial charge is 0.282 e. The maximum Gasteiger partial charge on any atom is 0.282 e. The molecule has 3 fully saturated rings. The van der Waals surface area contributed by atoms with E-state index < -0.39 is 35.2 Å². The minimum absolute atomic E-state index is 0.00748. The van der Waals surface area contributed by atoms with E-state index >= 15 is 0 Å². The summed E-state index contributed by atoms with van der Waals surface area (Å²) in [6, 6.07) is 1.13. The van der Waals surface area contributed by atoms with Crippen molar-refractivity contribution in [1.29, 1.82) is 0 Å². The van der Waals surface area contributed by atoms with E-state index in [1.54, 1.807) is 0 Å². The molecule has 0 radical (unpaired) electrons. The Kier molecular flexibility index (Phi) is 4.51. The molecular formula is C15H18N4O6. The first-order valence-corrected chi connectivity index (χ1v) is 8.15. The molecule has 2 atom stereocenters. The quantitative estimate of drug-likeness (QED) is 0.422. The number of hydroxylamine groups is 4. The first-order valence-electron chi connectivity index (χ1n) is 8.15. The summed E-state index contributed by atoms with van der Waals surface area (Å²) < 4.78 is 0. The van der Waals surface area contributed by atoms with Crippen molar-refractivity contribution in [3.63, 3.8) is 0 Å². The molecule has 0 spiro atoms. The topological polar surface area (TPSA) is 140 Å². The SMILES string of the molecule is O=C1CC(N=C=NC2(C3CCCCC3)CC(=O)N(O)C2=O)C(=O)N1O. The first kappa shape index (κ1) is 17.4. The summed E-state index contributed by atoms with van der Waals surface area (Å²) in [6.07, 6.45) is 3.58. The van der Waals surface area contributed by atoms with Crippen molar-refractivity contribution < 1.29 is 29.6 Å². The van der Waals surface area contributed by atoms with Gasteiger partial charge in [-0.1, -0.05) is 19.3 Å². The van der Waals surface area contributed by atoms with Gasteiger partial charge in [-0.3, -0.25) is 29.6 Å². The smallest absolute Gasteiger partial charge is 0.278 e. The van der Waals surface area contributed by atoms with Crippen LogP contribution in [0.3, 0.4) is 0 Å². The fourth-order valence-corrected chi connectivity index (χ4v) is 3.65. The monoisotopic (exact) mass is 350 g/mol. The maximum absolute atomic E-state index is 12.4. The molecule has 0 aromatic carbocycles. The summed E-state index contributed by atoms with van der Waals surface area (Å²) in [5.74, 6) is -3.46. The number of carbonyl (C=O) groups is 4. The van der Waals surface area contributed by atoms with E-state index in [1.807, 2.05) is 0 Å². The first-order chi connectivity index (χ1) is 11.9. The molecule has 1 saturated carbocycles. The normalized spacial score (nSPS) is 30.9. The van der Waals surface area contributed by atoms with Crippen LogP contribution < -0.4 is 0 Å². The Morgan fingerprint density at radius 3 is 2.20 bits per heavy atom. The molecule has 2 saturated heterocycles. The summed E-state index contributed by atoms with van der Waals surface area (Å²) in [4.78, 5) is 54.9. The molecule has 10 nitrogen and oxygen atoms in total. The number of amides is 4. The molecule has 2 aliphatic heterocycles. The van der Waals surface area contributed by atoms with Gasteiger partial charge in [0.15, 0.2) is 11.6 Å². The van der Waals surface area contributed by atoms with E-state index in [0.29, 0.717) is 12.8 Å². The second-order valence-corrected chi connectivity index (χ2v) is 6.55. The van der Waals surface area contributed by atoms with Crippen molar-refractivity contribution in [3.05, 3.63) is 0 Å². The second kappa shape index (κ2) is 6.47. The van der Waals surface area contributed by atoms with Gasteiger partial charge >= 0.3 is 0 Å². The number of rotatable bonds is 3. The van der Waals surface area contributed by atoms with Gasteiger partial charge in [0.25, 0.3) is 23.6 Å². The lowest BCUT2D eigenvalue weighted by atomic mass is 9.74. The highest BCUT2D eigenvalue weighted by Crippen LogP contribution is 2.41. The van der Waals surface area contributed by atoms with Gasteiger partial charge in [-0.15, -0.1) is 0 Å². The summed E-state index contributed by atoms with van der Waals surface area (Å²) in [5.41, 5.74) is -1.47. The Hall–Kier alpha value is -2.42. The predicted molar refractivity (Wildman–Crippen MR) is 79.5 cm³/mol. The highest BCUT2D eigenvalue weighted by Gasteiger charge is 2.56. The minimum atomic E-state index is -1.47. The van der Waals surface area contributed by atoms with Crippen LogP contribution in [0.2, 0.25) is 0 Å². The summed E-state index contributed by atoms with van der Waals surface area (Å²) >= 11 is 0. The summed E-state index contributed by atoms with van der Waals surface area (Å²) in [7, 11) is 0. The van der Waals surface area contributed by atoms with Crippen LogP contribution in [0, 0.1) is 5.92 Å². The van der Waals surface area contributed by atoms with E-state index in [9.17, 15) is 29.6 Å². The zero-order valence-corrected chi connectivity index (χ0v) is 13.4. The van der Waals surface area contributed by atoms with Gasteiger partial charge in [0.05, 0.1) is 18.9 Å². The molecule has 1 aliphatic carbocycles. The van der Waals surface area contributed by atoms with Crippen LogP contribution in [0.4, 0.5) is 0 Å². The molecule has 25 heavy (non-hydrogen) atoms. The van der Waals surface area contributed by atoms with Gasteiger partial charge in [0.2, 0.25) is 0 Å². The van der Waals surface area contributed by atoms with E-state index in [-0.39, 0.29) is 28.9 Å². The van der Waals surface area contributed by atoms with Crippen LogP contribution in [0.5, 0.6) is 0 Å². The summed E-state index contributed by atoms with van der Waals surface area (Å²) in [5, 5.41) is 18.9. The Labute approximate surface area is 142 Å². The van der Waals surface area contributed by atoms with Crippen molar-refractivity contribution in [3.8, 4) is 0 Å². The molecule has 0 bridgehead atoms. The molecular weight excluding hydrogens is 332 g/mol. The standard InChI is InChI=1S/C15H18N4O6/c20-11-6-10(13(22)18(11)24)16-8-17-15(9-4-2-1-3-5-9)7-12(21)19(25)14(15)23/h9-10,24-25H,1-7H2. The highest BCUT2D eigenvalue weighted by molar-refractivity contribution is 6.08. The molecule has 10 heteroatoms. The van der Waals surface area contributed by atoms with Crippen LogP contribution in [0.1, 0.15) is 44.9 Å². The number of nitrogens with zero attached hydrogens (tertiary/aromatic N) is 4. The van der Waals surface area contributed by atoms with Crippen LogP contribution in [-0.4, -0.2) is 61.8 Å². The van der Waals surface area contributed by atoms with E-state index in [1.165, 1.54) is 0 Å². The van der Waals surface area contributed by atoms with Gasteiger partial charge < -0.3 is 0 Å². The van der Waals surface area contributed by atoms with Crippen molar-refractivity contribution in [2.75, 3.05) is 0 Å². The minimum Gasteiger partial charge on any atom is -0.278 e. The molecule has 2 heterocycles. The van der Waals surface area contributed by atoms with Crippen molar-refractivity contribution in [1.82, 2.24) is 10.1 Å². The molecule has 2 N–H and O–H groups in total. The Bertz CT molecular complexity index is 694. The molecule has 3 aliphatic rings. The third-order valence-electron chi connectivity index (χ3n) is 5.06. The van der Waals surface area contributed by atoms with Crippen LogP contribution in [-0.2, 0) is 19.2 Å². The van der Waals surface area contributed by atoms with Crippen LogP contribution >= 0.6 is 0 Å². The van der Waals surface area contributed by atoms with Gasteiger partial charge in [-0.2, -0.15) is 10.1 Å². The molecule has 2 unspecified atom stereocenters. The fraction of sp³-hybridized carbons (Fsp3) is 0.667. The average molecular weight is 350 g/mol. The highest BCUT2D eigenvalue weighted by atomic mass is 16.5. The molecule has 0 aromatic heterocycles. The predicted octanol–water partition coefficient (Wildman–Crippen LogP) is 0.144. The Balaban J connectivity index is 1.89. The van der Waals surface area contributed by atoms with Crippen LogP contribution in [0.25, 0.3) is 0 Å². The van der Waals surface area contributed by atoms with Gasteiger partial charge in [-0.05, 0) is 18.8 Å². The molecule has 3 rings (SSSR count). The van der Waals surface area contributed by atoms with Gasteiger partial charge in [0, 0.05) is 0 Å². The number of hydrogen-bond donors (Lipinski definition) is 2. The third-order valence-corrected chi connectivity index (χ3v) is 5.06. The average Bonchev–Trinajstić information content (AvgIpc) is 2.99. The van der Waals surface area contributed by atoms with Crippen molar-refractivity contribution >= 4 is 29.6 Å². The van der Waals surface area contributed by atoms with Crippen molar-refractivity contribution in [2.24, 2.45) is 15.9 Å². The summed E-state index contributed by atoms with van der Waals surface area (Å²) in [6.45, 7) is 0. The Morgan fingerprint density at radius 1 is 1.00 bits per heavy atom. The maximum atomic E-state index is 12.4. The van der Waals surface area contributed by atoms with E-state index in [4.69, 9.17) is 0 Å². The fourth-order valence-electron chi connectivity index (χ4n) is 3.65. The van der Waals surface area contributed by atoms with Crippen LogP contribution in [0.15, 0.2) is 9.98 Å². The molecule has 0 aromatic rings. The van der Waals surface area contributed by atoms with Gasteiger partial charge in [-0.25, -0.2) is 9.98 Å². The van der Waals surface area contributed by atoms with E-state index in [0.717, 1.165) is 19.3 Å². The molecule has 4 amide bonds. The van der Waals surface area contributed by atoms with E-state index in [2.05, 4.69) is 16.0 Å². The number of carbonyl (C=O) groups excluding carboxylic acids is 4. The lowest BCUT2D eigenvalue weighted by Crippen LogP contribution is -2.44. The number of aliphatic imine (C=N–C) groups is 2. The second-order valence-electron chi connectivity index (χ2n) is 6.55. The lowest BCUT2D eigenvalue weighted by Gasteiger charge is -2.32. The zero-order chi connectivity index (χ0) is 18.2. The lowest BCUT2D eigenvalue weighted by molar-refractivity contribution is -0.173. The zero-order valence-electron chi connectivity index (χ0n) is 13.4. The number of imide groups is 2. The third kappa shape index (κ3) is 2.88. The van der Waals surface area contributed by atoms with Gasteiger partial charge in [0.1, 0.15) is 0 Å².